The van der Waals surface area contributed by atoms with Gasteiger partial charge in [-0.1, -0.05) is 44.7 Å². The van der Waals surface area contributed by atoms with Crippen LogP contribution in [-0.2, 0) is 0 Å². The SMILES string of the molecule is CCCCC(CCC)n1c(=S)[nH]c2cc(Cl)ccc21. The van der Waals surface area contributed by atoms with Crippen LogP contribution < -0.4 is 0 Å². The molecule has 1 N–H and O–H groups in total. The van der Waals surface area contributed by atoms with Crippen molar-refractivity contribution in [2.24, 2.45) is 0 Å². The van der Waals surface area contributed by atoms with Gasteiger partial charge in [0.15, 0.2) is 4.77 Å². The number of aromatic nitrogens is 2. The second-order valence-corrected chi connectivity index (χ2v) is 5.87. The van der Waals surface area contributed by atoms with Crippen LogP contribution >= 0.6 is 23.8 Å². The lowest BCUT2D eigenvalue weighted by molar-refractivity contribution is 0.422. The first-order valence-corrected chi connectivity index (χ1v) is 7.85. The smallest absolute Gasteiger partial charge is 0.178 e. The van der Waals surface area contributed by atoms with Gasteiger partial charge in [-0.15, -0.1) is 0 Å². The number of benzene rings is 1. The van der Waals surface area contributed by atoms with E-state index in [0.717, 1.165) is 15.3 Å². The Morgan fingerprint density at radius 3 is 2.74 bits per heavy atom. The predicted octanol–water partition coefficient (Wildman–Crippen LogP) is 5.88. The van der Waals surface area contributed by atoms with Crippen LogP contribution in [0, 0.1) is 4.77 Å². The molecule has 0 spiro atoms. The van der Waals surface area contributed by atoms with Crippen LogP contribution in [0.4, 0.5) is 0 Å². The van der Waals surface area contributed by atoms with Gasteiger partial charge in [-0.05, 0) is 43.3 Å². The lowest BCUT2D eigenvalue weighted by Gasteiger charge is -2.18. The van der Waals surface area contributed by atoms with Gasteiger partial charge in [0.25, 0.3) is 0 Å². The van der Waals surface area contributed by atoms with E-state index in [9.17, 15) is 0 Å². The van der Waals surface area contributed by atoms with E-state index >= 15 is 0 Å². The van der Waals surface area contributed by atoms with E-state index in [1.54, 1.807) is 0 Å². The highest BCUT2D eigenvalue weighted by Crippen LogP contribution is 2.28. The van der Waals surface area contributed by atoms with Crippen molar-refractivity contribution in [3.05, 3.63) is 28.0 Å². The highest BCUT2D eigenvalue weighted by molar-refractivity contribution is 7.71. The molecule has 0 aliphatic carbocycles. The molecule has 4 heteroatoms. The van der Waals surface area contributed by atoms with Gasteiger partial charge in [0.05, 0.1) is 11.0 Å². The minimum absolute atomic E-state index is 0.493. The second kappa shape index (κ2) is 6.58. The molecule has 0 radical (unpaired) electrons. The zero-order chi connectivity index (χ0) is 13.8. The Bertz CT molecular complexity index is 600. The normalized spacial score (nSPS) is 13.0. The molecule has 2 aromatic rings. The minimum atomic E-state index is 0.493. The summed E-state index contributed by atoms with van der Waals surface area (Å²) in [6.45, 7) is 4.46. The van der Waals surface area contributed by atoms with Crippen LogP contribution in [0.15, 0.2) is 18.2 Å². The fourth-order valence-corrected chi connectivity index (χ4v) is 3.17. The number of fused-ring (bicyclic) bond motifs is 1. The number of nitrogens with one attached hydrogen (secondary N) is 1. The maximum atomic E-state index is 6.04. The van der Waals surface area contributed by atoms with Gasteiger partial charge in [0.2, 0.25) is 0 Å². The number of H-pyrrole nitrogens is 1. The van der Waals surface area contributed by atoms with Gasteiger partial charge in [-0.25, -0.2) is 0 Å². The Morgan fingerprint density at radius 2 is 2.05 bits per heavy atom. The summed E-state index contributed by atoms with van der Waals surface area (Å²) in [5, 5.41) is 0.747. The van der Waals surface area contributed by atoms with Gasteiger partial charge in [-0.3, -0.25) is 0 Å². The summed E-state index contributed by atoms with van der Waals surface area (Å²) < 4.78 is 3.09. The van der Waals surface area contributed by atoms with Gasteiger partial charge < -0.3 is 9.55 Å². The summed E-state index contributed by atoms with van der Waals surface area (Å²) in [5.41, 5.74) is 2.21. The molecule has 0 amide bonds. The van der Waals surface area contributed by atoms with Crippen LogP contribution in [0.1, 0.15) is 52.0 Å². The lowest BCUT2D eigenvalue weighted by atomic mass is 10.0. The summed E-state index contributed by atoms with van der Waals surface area (Å²) in [4.78, 5) is 3.28. The van der Waals surface area contributed by atoms with Crippen molar-refractivity contribution in [1.82, 2.24) is 9.55 Å². The van der Waals surface area contributed by atoms with Crippen molar-refractivity contribution in [1.29, 1.82) is 0 Å². The number of hydrogen-bond donors (Lipinski definition) is 1. The second-order valence-electron chi connectivity index (χ2n) is 5.05. The molecule has 0 aliphatic heterocycles. The van der Waals surface area contributed by atoms with Crippen molar-refractivity contribution in [2.45, 2.75) is 52.0 Å². The third-order valence-electron chi connectivity index (χ3n) is 3.56. The molecule has 2 nitrogen and oxygen atoms in total. The maximum absolute atomic E-state index is 6.04. The number of halogens is 1. The summed E-state index contributed by atoms with van der Waals surface area (Å²) in [6.07, 6.45) is 6.00. The van der Waals surface area contributed by atoms with Crippen molar-refractivity contribution < 1.29 is 0 Å². The van der Waals surface area contributed by atoms with E-state index in [1.165, 1.54) is 37.6 Å². The van der Waals surface area contributed by atoms with Crippen molar-refractivity contribution in [3.8, 4) is 0 Å². The summed E-state index contributed by atoms with van der Waals surface area (Å²) in [7, 11) is 0. The molecule has 1 unspecified atom stereocenters. The highest BCUT2D eigenvalue weighted by Gasteiger charge is 2.14. The molecule has 0 aliphatic rings. The monoisotopic (exact) mass is 296 g/mol. The molecule has 1 heterocycles. The number of rotatable bonds is 6. The van der Waals surface area contributed by atoms with Crippen LogP contribution in [-0.4, -0.2) is 9.55 Å². The van der Waals surface area contributed by atoms with Crippen molar-refractivity contribution >= 4 is 34.9 Å². The third-order valence-corrected chi connectivity index (χ3v) is 4.09. The van der Waals surface area contributed by atoms with Gasteiger partial charge in [0.1, 0.15) is 0 Å². The van der Waals surface area contributed by atoms with Crippen molar-refractivity contribution in [2.75, 3.05) is 0 Å². The molecule has 0 bridgehead atoms. The molecule has 2 rings (SSSR count). The quantitative estimate of drug-likeness (QED) is 0.660. The van der Waals surface area contributed by atoms with E-state index < -0.39 is 0 Å². The van der Waals surface area contributed by atoms with E-state index in [2.05, 4.69) is 29.5 Å². The van der Waals surface area contributed by atoms with Crippen LogP contribution in [0.25, 0.3) is 11.0 Å². The molecule has 19 heavy (non-hydrogen) atoms. The molecule has 1 atom stereocenters. The van der Waals surface area contributed by atoms with Gasteiger partial charge in [0, 0.05) is 11.1 Å². The fourth-order valence-electron chi connectivity index (χ4n) is 2.64. The third kappa shape index (κ3) is 3.21. The standard InChI is InChI=1S/C15H21ClN2S/c1-3-5-7-12(6-4-2)18-14-9-8-11(16)10-13(14)17-15(18)19/h8-10,12H,3-7H2,1-2H3,(H,17,19). The molecule has 0 saturated heterocycles. The van der Waals surface area contributed by atoms with E-state index in [1.807, 2.05) is 12.1 Å². The largest absolute Gasteiger partial charge is 0.331 e. The molecule has 0 fully saturated rings. The molecular formula is C15H21ClN2S. The Labute approximate surface area is 124 Å². The number of imidazole rings is 1. The Balaban J connectivity index is 2.46. The summed E-state index contributed by atoms with van der Waals surface area (Å²) >= 11 is 11.5. The van der Waals surface area contributed by atoms with E-state index in [-0.39, 0.29) is 0 Å². The zero-order valence-corrected chi connectivity index (χ0v) is 13.2. The van der Waals surface area contributed by atoms with Crippen LogP contribution in [0.5, 0.6) is 0 Å². The molecular weight excluding hydrogens is 276 g/mol. The summed E-state index contributed by atoms with van der Waals surface area (Å²) in [5.74, 6) is 0. The Hall–Kier alpha value is -0.800. The maximum Gasteiger partial charge on any atom is 0.178 e. The molecule has 0 saturated carbocycles. The molecule has 104 valence electrons. The average Bonchev–Trinajstić information content (AvgIpc) is 2.69. The van der Waals surface area contributed by atoms with Crippen LogP contribution in [0.3, 0.4) is 0 Å². The number of nitrogens with zero attached hydrogens (tertiary/aromatic N) is 1. The van der Waals surface area contributed by atoms with Crippen molar-refractivity contribution in [3.63, 3.8) is 0 Å². The minimum Gasteiger partial charge on any atom is -0.331 e. The molecule has 1 aromatic carbocycles. The average molecular weight is 297 g/mol. The summed E-state index contributed by atoms with van der Waals surface area (Å²) in [6, 6.07) is 6.45. The topological polar surface area (TPSA) is 20.7 Å². The van der Waals surface area contributed by atoms with Crippen LogP contribution in [0.2, 0.25) is 5.02 Å². The number of unbranched alkanes of at least 4 members (excludes halogenated alkanes) is 1. The fraction of sp³-hybridized carbons (Fsp3) is 0.533. The Kier molecular flexibility index (Phi) is 5.06. The highest BCUT2D eigenvalue weighted by atomic mass is 35.5. The lowest BCUT2D eigenvalue weighted by Crippen LogP contribution is -2.09. The van der Waals surface area contributed by atoms with Gasteiger partial charge >= 0.3 is 0 Å². The predicted molar refractivity (Wildman–Crippen MR) is 85.6 cm³/mol. The first kappa shape index (κ1) is 14.6. The number of hydrogen-bond acceptors (Lipinski definition) is 1. The Morgan fingerprint density at radius 1 is 1.26 bits per heavy atom. The van der Waals surface area contributed by atoms with E-state index in [4.69, 9.17) is 23.8 Å². The first-order valence-electron chi connectivity index (χ1n) is 7.07. The number of aromatic amines is 1. The first-order chi connectivity index (χ1) is 9.17. The molecule has 1 aromatic heterocycles. The van der Waals surface area contributed by atoms with Gasteiger partial charge in [-0.2, -0.15) is 0 Å². The zero-order valence-electron chi connectivity index (χ0n) is 11.6. The van der Waals surface area contributed by atoms with E-state index in [0.29, 0.717) is 6.04 Å².